The van der Waals surface area contributed by atoms with Gasteiger partial charge in [0.2, 0.25) is 0 Å². The van der Waals surface area contributed by atoms with Crippen LogP contribution >= 0.6 is 23.5 Å². The van der Waals surface area contributed by atoms with Crippen LogP contribution in [0.3, 0.4) is 0 Å². The maximum atomic E-state index is 12.5. The summed E-state index contributed by atoms with van der Waals surface area (Å²) in [6.45, 7) is 0.461. The third-order valence-corrected chi connectivity index (χ3v) is 5.63. The van der Waals surface area contributed by atoms with Crippen LogP contribution in [-0.2, 0) is 11.2 Å². The van der Waals surface area contributed by atoms with E-state index in [9.17, 15) is 9.59 Å². The highest BCUT2D eigenvalue weighted by molar-refractivity contribution is 8.18. The summed E-state index contributed by atoms with van der Waals surface area (Å²) in [7, 11) is 0. The van der Waals surface area contributed by atoms with Crippen molar-refractivity contribution in [1.29, 1.82) is 0 Å². The van der Waals surface area contributed by atoms with Gasteiger partial charge in [-0.05, 0) is 60.2 Å². The minimum atomic E-state index is -0.183. The van der Waals surface area contributed by atoms with Gasteiger partial charge in [0, 0.05) is 11.4 Å². The Hall–Kier alpha value is -1.98. The van der Waals surface area contributed by atoms with Crippen LogP contribution in [0.4, 0.5) is 4.79 Å². The second-order valence-corrected chi connectivity index (χ2v) is 7.57. The molecule has 3 nitrogen and oxygen atoms in total. The molecule has 0 N–H and O–H groups in total. The Labute approximate surface area is 156 Å². The lowest BCUT2D eigenvalue weighted by molar-refractivity contribution is -0.122. The highest BCUT2D eigenvalue weighted by atomic mass is 32.2. The number of carbonyl (C=O) groups is 2. The van der Waals surface area contributed by atoms with E-state index in [1.165, 1.54) is 15.4 Å². The number of benzene rings is 2. The Kier molecular flexibility index (Phi) is 6.00. The minimum Gasteiger partial charge on any atom is -0.268 e. The Bertz CT molecular complexity index is 785. The molecule has 5 heteroatoms. The molecule has 2 aromatic carbocycles. The summed E-state index contributed by atoms with van der Waals surface area (Å²) in [4.78, 5) is 27.7. The van der Waals surface area contributed by atoms with E-state index in [1.807, 2.05) is 48.7 Å². The molecule has 1 aliphatic heterocycles. The summed E-state index contributed by atoms with van der Waals surface area (Å²) in [6.07, 6.45) is 5.46. The van der Waals surface area contributed by atoms with Crippen LogP contribution in [0.2, 0.25) is 0 Å². The molecular weight excluding hydrogens is 350 g/mol. The second-order valence-electron chi connectivity index (χ2n) is 5.70. The quantitative estimate of drug-likeness (QED) is 0.526. The number of carbonyl (C=O) groups excluding carboxylic acids is 2. The van der Waals surface area contributed by atoms with Gasteiger partial charge in [0.05, 0.1) is 4.91 Å². The molecule has 0 bridgehead atoms. The molecule has 2 aromatic rings. The van der Waals surface area contributed by atoms with Crippen LogP contribution in [0.15, 0.2) is 64.4 Å². The van der Waals surface area contributed by atoms with Crippen molar-refractivity contribution in [3.05, 3.63) is 70.6 Å². The normalized spacial score (nSPS) is 16.0. The summed E-state index contributed by atoms with van der Waals surface area (Å²) in [6, 6.07) is 18.1. The molecule has 2 amide bonds. The number of amides is 2. The zero-order valence-electron chi connectivity index (χ0n) is 14.0. The fourth-order valence-corrected chi connectivity index (χ4v) is 3.90. The van der Waals surface area contributed by atoms with Gasteiger partial charge in [-0.2, -0.15) is 0 Å². The van der Waals surface area contributed by atoms with Gasteiger partial charge in [-0.3, -0.25) is 14.5 Å². The Morgan fingerprint density at radius 3 is 2.44 bits per heavy atom. The monoisotopic (exact) mass is 369 g/mol. The Morgan fingerprint density at radius 1 is 1.04 bits per heavy atom. The Balaban J connectivity index is 1.62. The molecule has 0 spiro atoms. The maximum absolute atomic E-state index is 12.5. The molecule has 1 saturated heterocycles. The van der Waals surface area contributed by atoms with E-state index in [1.54, 1.807) is 17.8 Å². The largest absolute Gasteiger partial charge is 0.293 e. The van der Waals surface area contributed by atoms with E-state index in [0.29, 0.717) is 11.4 Å². The first-order chi connectivity index (χ1) is 12.2. The third-order valence-electron chi connectivity index (χ3n) is 3.98. The van der Waals surface area contributed by atoms with Crippen molar-refractivity contribution in [1.82, 2.24) is 4.90 Å². The molecule has 0 aliphatic carbocycles. The van der Waals surface area contributed by atoms with E-state index in [2.05, 4.69) is 12.1 Å². The van der Waals surface area contributed by atoms with Gasteiger partial charge in [0.15, 0.2) is 0 Å². The predicted molar refractivity (Wildman–Crippen MR) is 106 cm³/mol. The standard InChI is InChI=1S/C20H19NO2S2/c1-24-17-11-9-16(10-12-17)14-18-19(22)21(20(23)25-18)13-5-8-15-6-3-2-4-7-15/h2-4,6-7,9-12,14H,5,8,13H2,1H3/b18-14-. The highest BCUT2D eigenvalue weighted by Gasteiger charge is 2.34. The van der Waals surface area contributed by atoms with Crippen molar-refractivity contribution in [3.63, 3.8) is 0 Å². The van der Waals surface area contributed by atoms with Gasteiger partial charge in [0.1, 0.15) is 0 Å². The maximum Gasteiger partial charge on any atom is 0.293 e. The SMILES string of the molecule is CSc1ccc(/C=C2\SC(=O)N(CCCc3ccccc3)C2=O)cc1. The van der Waals surface area contributed by atoms with Crippen LogP contribution < -0.4 is 0 Å². The average Bonchev–Trinajstić information content (AvgIpc) is 2.90. The first kappa shape index (κ1) is 17.8. The summed E-state index contributed by atoms with van der Waals surface area (Å²) in [5.74, 6) is -0.183. The molecule has 3 rings (SSSR count). The van der Waals surface area contributed by atoms with Gasteiger partial charge in [0.25, 0.3) is 11.1 Å². The van der Waals surface area contributed by atoms with Gasteiger partial charge >= 0.3 is 0 Å². The zero-order chi connectivity index (χ0) is 17.6. The number of thioether (sulfide) groups is 2. The molecule has 0 radical (unpaired) electrons. The molecule has 0 atom stereocenters. The summed E-state index contributed by atoms with van der Waals surface area (Å²) in [5.41, 5.74) is 2.16. The van der Waals surface area contributed by atoms with Crippen molar-refractivity contribution in [2.24, 2.45) is 0 Å². The summed E-state index contributed by atoms with van der Waals surface area (Å²) < 4.78 is 0. The smallest absolute Gasteiger partial charge is 0.268 e. The first-order valence-electron chi connectivity index (χ1n) is 8.11. The van der Waals surface area contributed by atoms with Gasteiger partial charge in [-0.25, -0.2) is 0 Å². The number of nitrogens with zero attached hydrogens (tertiary/aromatic N) is 1. The van der Waals surface area contributed by atoms with E-state index >= 15 is 0 Å². The molecule has 1 fully saturated rings. The highest BCUT2D eigenvalue weighted by Crippen LogP contribution is 2.32. The van der Waals surface area contributed by atoms with Crippen molar-refractivity contribution >= 4 is 40.7 Å². The van der Waals surface area contributed by atoms with E-state index in [0.717, 1.165) is 30.2 Å². The first-order valence-corrected chi connectivity index (χ1v) is 10.1. The number of aryl methyl sites for hydroxylation is 1. The number of hydrogen-bond acceptors (Lipinski definition) is 4. The van der Waals surface area contributed by atoms with Crippen molar-refractivity contribution in [3.8, 4) is 0 Å². The van der Waals surface area contributed by atoms with Crippen LogP contribution in [0.5, 0.6) is 0 Å². The molecule has 0 unspecified atom stereocenters. The number of hydrogen-bond donors (Lipinski definition) is 0. The van der Waals surface area contributed by atoms with Crippen LogP contribution in [-0.4, -0.2) is 28.8 Å². The van der Waals surface area contributed by atoms with Gasteiger partial charge in [-0.1, -0.05) is 42.5 Å². The lowest BCUT2D eigenvalue weighted by Crippen LogP contribution is -2.29. The number of rotatable bonds is 6. The van der Waals surface area contributed by atoms with Crippen molar-refractivity contribution in [2.45, 2.75) is 17.7 Å². The topological polar surface area (TPSA) is 37.4 Å². The van der Waals surface area contributed by atoms with Crippen molar-refractivity contribution < 1.29 is 9.59 Å². The van der Waals surface area contributed by atoms with E-state index in [-0.39, 0.29) is 11.1 Å². The molecule has 0 saturated carbocycles. The molecule has 128 valence electrons. The zero-order valence-corrected chi connectivity index (χ0v) is 15.6. The summed E-state index contributed by atoms with van der Waals surface area (Å²) >= 11 is 2.70. The minimum absolute atomic E-state index is 0.176. The average molecular weight is 370 g/mol. The molecule has 0 aromatic heterocycles. The third kappa shape index (κ3) is 4.55. The second kappa shape index (κ2) is 8.41. The lowest BCUT2D eigenvalue weighted by atomic mass is 10.1. The van der Waals surface area contributed by atoms with E-state index in [4.69, 9.17) is 0 Å². The van der Waals surface area contributed by atoms with E-state index < -0.39 is 0 Å². The molecular formula is C20H19NO2S2. The Morgan fingerprint density at radius 2 is 1.76 bits per heavy atom. The molecule has 1 heterocycles. The lowest BCUT2D eigenvalue weighted by Gasteiger charge is -2.12. The van der Waals surface area contributed by atoms with Crippen LogP contribution in [0.25, 0.3) is 6.08 Å². The van der Waals surface area contributed by atoms with Crippen LogP contribution in [0.1, 0.15) is 17.5 Å². The molecule has 25 heavy (non-hydrogen) atoms. The molecule has 1 aliphatic rings. The fraction of sp³-hybridized carbons (Fsp3) is 0.200. The van der Waals surface area contributed by atoms with Gasteiger partial charge in [-0.15, -0.1) is 11.8 Å². The van der Waals surface area contributed by atoms with Crippen molar-refractivity contribution in [2.75, 3.05) is 12.8 Å². The predicted octanol–water partition coefficient (Wildman–Crippen LogP) is 5.08. The van der Waals surface area contributed by atoms with Gasteiger partial charge < -0.3 is 0 Å². The summed E-state index contributed by atoms with van der Waals surface area (Å²) in [5, 5.41) is -0.176. The fourth-order valence-electron chi connectivity index (χ4n) is 2.63. The van der Waals surface area contributed by atoms with Crippen LogP contribution in [0, 0.1) is 0 Å². The number of imide groups is 1.